The van der Waals surface area contributed by atoms with Gasteiger partial charge in [0.1, 0.15) is 5.82 Å². The van der Waals surface area contributed by atoms with Crippen molar-refractivity contribution in [3.05, 3.63) is 11.3 Å². The molecule has 1 aromatic heterocycles. The first kappa shape index (κ1) is 12.1. The fraction of sp³-hybridized carbons (Fsp3) is 0.750. The van der Waals surface area contributed by atoms with Crippen LogP contribution in [-0.4, -0.2) is 10.2 Å². The largest absolute Gasteiger partial charge is 0.382 e. The van der Waals surface area contributed by atoms with Gasteiger partial charge in [0.2, 0.25) is 0 Å². The summed E-state index contributed by atoms with van der Waals surface area (Å²) in [5.74, 6) is 1.30. The molecule has 0 amide bonds. The summed E-state index contributed by atoms with van der Waals surface area (Å²) in [4.78, 5) is 0. The van der Waals surface area contributed by atoms with Crippen LogP contribution in [0.3, 0.4) is 0 Å². The molecule has 0 bridgehead atoms. The van der Waals surface area contributed by atoms with Crippen molar-refractivity contribution in [2.45, 2.75) is 47.5 Å². The van der Waals surface area contributed by atoms with E-state index in [2.05, 4.69) is 37.9 Å². The number of hydrogen-bond donors (Lipinski definition) is 2. The topological polar surface area (TPSA) is 54.7 Å². The normalized spacial score (nSPS) is 14.2. The van der Waals surface area contributed by atoms with Crippen LogP contribution in [0.5, 0.6) is 0 Å². The van der Waals surface area contributed by atoms with Gasteiger partial charge in [0, 0.05) is 11.3 Å². The summed E-state index contributed by atoms with van der Waals surface area (Å²) in [7, 11) is 0. The SMILES string of the molecule is CCC(Cc1[nH]nc(N)c1C)C(C)(C)C. The second kappa shape index (κ2) is 4.25. The molecule has 0 aliphatic rings. The molecule has 15 heavy (non-hydrogen) atoms. The lowest BCUT2D eigenvalue weighted by atomic mass is 9.76. The molecule has 86 valence electrons. The number of H-pyrrole nitrogens is 1. The van der Waals surface area contributed by atoms with Crippen LogP contribution in [0.4, 0.5) is 5.82 Å². The third kappa shape index (κ3) is 2.74. The molecule has 1 unspecified atom stereocenters. The van der Waals surface area contributed by atoms with Crippen LogP contribution in [0.1, 0.15) is 45.4 Å². The van der Waals surface area contributed by atoms with Gasteiger partial charge in [-0.2, -0.15) is 5.10 Å². The number of aromatic nitrogens is 2. The van der Waals surface area contributed by atoms with E-state index in [1.165, 1.54) is 12.1 Å². The van der Waals surface area contributed by atoms with Gasteiger partial charge in [0.15, 0.2) is 0 Å². The molecule has 3 heteroatoms. The third-order valence-corrected chi connectivity index (χ3v) is 3.32. The molecule has 0 radical (unpaired) electrons. The van der Waals surface area contributed by atoms with E-state index < -0.39 is 0 Å². The van der Waals surface area contributed by atoms with Crippen molar-refractivity contribution in [3.8, 4) is 0 Å². The summed E-state index contributed by atoms with van der Waals surface area (Å²) in [6, 6.07) is 0. The second-order valence-electron chi connectivity index (χ2n) is 5.39. The molecule has 1 atom stereocenters. The number of hydrogen-bond acceptors (Lipinski definition) is 2. The third-order valence-electron chi connectivity index (χ3n) is 3.32. The molecule has 0 aromatic carbocycles. The Labute approximate surface area is 92.5 Å². The monoisotopic (exact) mass is 209 g/mol. The molecule has 3 nitrogen and oxygen atoms in total. The zero-order valence-corrected chi connectivity index (χ0v) is 10.5. The summed E-state index contributed by atoms with van der Waals surface area (Å²) in [6.07, 6.45) is 2.22. The first-order chi connectivity index (χ1) is 6.86. The molecule has 0 aliphatic heterocycles. The maximum Gasteiger partial charge on any atom is 0.148 e. The van der Waals surface area contributed by atoms with E-state index in [4.69, 9.17) is 5.73 Å². The van der Waals surface area contributed by atoms with Gasteiger partial charge in [-0.05, 0) is 24.7 Å². The number of anilines is 1. The van der Waals surface area contributed by atoms with Crippen molar-refractivity contribution in [2.75, 3.05) is 5.73 Å². The Morgan fingerprint density at radius 2 is 2.00 bits per heavy atom. The predicted molar refractivity (Wildman–Crippen MR) is 64.7 cm³/mol. The van der Waals surface area contributed by atoms with Crippen molar-refractivity contribution in [1.29, 1.82) is 0 Å². The minimum Gasteiger partial charge on any atom is -0.382 e. The van der Waals surface area contributed by atoms with Crippen LogP contribution >= 0.6 is 0 Å². The van der Waals surface area contributed by atoms with Gasteiger partial charge < -0.3 is 5.73 Å². The minimum absolute atomic E-state index is 0.334. The van der Waals surface area contributed by atoms with Gasteiger partial charge in [-0.1, -0.05) is 34.1 Å². The highest BCUT2D eigenvalue weighted by atomic mass is 15.2. The molecule has 0 saturated heterocycles. The van der Waals surface area contributed by atoms with Crippen LogP contribution in [-0.2, 0) is 6.42 Å². The minimum atomic E-state index is 0.334. The molecule has 0 aliphatic carbocycles. The van der Waals surface area contributed by atoms with Crippen LogP contribution in [0.15, 0.2) is 0 Å². The standard InChI is InChI=1S/C12H23N3/c1-6-9(12(3,4)5)7-10-8(2)11(13)15-14-10/h9H,6-7H2,1-5H3,(H3,13,14,15). The maximum absolute atomic E-state index is 5.72. The maximum atomic E-state index is 5.72. The van der Waals surface area contributed by atoms with Gasteiger partial charge in [0.25, 0.3) is 0 Å². The molecule has 0 saturated carbocycles. The summed E-state index contributed by atoms with van der Waals surface area (Å²) in [5.41, 5.74) is 8.36. The predicted octanol–water partition coefficient (Wildman–Crippen LogP) is 2.92. The second-order valence-corrected chi connectivity index (χ2v) is 5.39. The van der Waals surface area contributed by atoms with E-state index in [0.29, 0.717) is 17.2 Å². The Balaban J connectivity index is 2.80. The lowest BCUT2D eigenvalue weighted by Gasteiger charge is -2.29. The quantitative estimate of drug-likeness (QED) is 0.804. The molecule has 0 fully saturated rings. The number of aromatic amines is 1. The lowest BCUT2D eigenvalue weighted by molar-refractivity contribution is 0.229. The van der Waals surface area contributed by atoms with Gasteiger partial charge in [0.05, 0.1) is 0 Å². The molecule has 3 N–H and O–H groups in total. The zero-order chi connectivity index (χ0) is 11.6. The Bertz CT molecular complexity index is 320. The van der Waals surface area contributed by atoms with Crippen LogP contribution < -0.4 is 5.73 Å². The average molecular weight is 209 g/mol. The summed E-state index contributed by atoms with van der Waals surface area (Å²) < 4.78 is 0. The van der Waals surface area contributed by atoms with E-state index in [0.717, 1.165) is 12.0 Å². The fourth-order valence-electron chi connectivity index (χ4n) is 1.96. The molecular weight excluding hydrogens is 186 g/mol. The van der Waals surface area contributed by atoms with Gasteiger partial charge in [-0.15, -0.1) is 0 Å². The number of nitrogens with one attached hydrogen (secondary N) is 1. The number of nitrogens with zero attached hydrogens (tertiary/aromatic N) is 1. The molecule has 0 spiro atoms. The molecule has 1 heterocycles. The summed E-state index contributed by atoms with van der Waals surface area (Å²) in [6.45, 7) is 11.1. The Morgan fingerprint density at radius 1 is 1.40 bits per heavy atom. The van der Waals surface area contributed by atoms with E-state index in [1.54, 1.807) is 0 Å². The number of nitrogen functional groups attached to an aromatic ring is 1. The van der Waals surface area contributed by atoms with E-state index in [-0.39, 0.29) is 0 Å². The lowest BCUT2D eigenvalue weighted by Crippen LogP contribution is -2.22. The summed E-state index contributed by atoms with van der Waals surface area (Å²) in [5, 5.41) is 7.07. The zero-order valence-electron chi connectivity index (χ0n) is 10.5. The smallest absolute Gasteiger partial charge is 0.148 e. The number of nitrogens with two attached hydrogens (primary N) is 1. The summed E-state index contributed by atoms with van der Waals surface area (Å²) >= 11 is 0. The first-order valence-corrected chi connectivity index (χ1v) is 5.65. The highest BCUT2D eigenvalue weighted by Gasteiger charge is 2.24. The van der Waals surface area contributed by atoms with E-state index in [1.807, 2.05) is 6.92 Å². The molecular formula is C12H23N3. The van der Waals surface area contributed by atoms with Crippen LogP contribution in [0.2, 0.25) is 0 Å². The molecule has 1 aromatic rings. The van der Waals surface area contributed by atoms with Crippen molar-refractivity contribution in [3.63, 3.8) is 0 Å². The van der Waals surface area contributed by atoms with Crippen LogP contribution in [0, 0.1) is 18.3 Å². The van der Waals surface area contributed by atoms with Crippen molar-refractivity contribution >= 4 is 5.82 Å². The molecule has 1 rings (SSSR count). The van der Waals surface area contributed by atoms with E-state index in [9.17, 15) is 0 Å². The highest BCUT2D eigenvalue weighted by molar-refractivity contribution is 5.40. The Hall–Kier alpha value is -0.990. The Kier molecular flexibility index (Phi) is 3.42. The number of rotatable bonds is 3. The van der Waals surface area contributed by atoms with Crippen molar-refractivity contribution in [1.82, 2.24) is 10.2 Å². The van der Waals surface area contributed by atoms with E-state index >= 15 is 0 Å². The van der Waals surface area contributed by atoms with Crippen molar-refractivity contribution in [2.24, 2.45) is 11.3 Å². The Morgan fingerprint density at radius 3 is 2.33 bits per heavy atom. The first-order valence-electron chi connectivity index (χ1n) is 5.65. The highest BCUT2D eigenvalue weighted by Crippen LogP contribution is 2.32. The fourth-order valence-corrected chi connectivity index (χ4v) is 1.96. The average Bonchev–Trinajstić information content (AvgIpc) is 2.43. The van der Waals surface area contributed by atoms with Gasteiger partial charge in [-0.3, -0.25) is 5.10 Å². The van der Waals surface area contributed by atoms with Gasteiger partial charge >= 0.3 is 0 Å². The van der Waals surface area contributed by atoms with Gasteiger partial charge in [-0.25, -0.2) is 0 Å². The van der Waals surface area contributed by atoms with Crippen molar-refractivity contribution < 1.29 is 0 Å². The van der Waals surface area contributed by atoms with Crippen LogP contribution in [0.25, 0.3) is 0 Å².